The SMILES string of the molecule is COc1ccc(C[C@@]2(CN3C[C@@H]4C[C@H](C3)c3cccc(=O)n3C4)C(=O)NC(=O)N(C3CCCCC3)C2=O)cc1. The molecule has 1 aromatic carbocycles. The molecule has 0 radical (unpaired) electrons. The molecule has 4 aliphatic rings. The van der Waals surface area contributed by atoms with E-state index in [2.05, 4.69) is 10.2 Å². The molecule has 39 heavy (non-hydrogen) atoms. The highest BCUT2D eigenvalue weighted by molar-refractivity contribution is 6.19. The minimum Gasteiger partial charge on any atom is -0.497 e. The Morgan fingerprint density at radius 1 is 0.949 bits per heavy atom. The van der Waals surface area contributed by atoms with E-state index in [1.807, 2.05) is 41.0 Å². The summed E-state index contributed by atoms with van der Waals surface area (Å²) in [4.78, 5) is 57.3. The molecule has 206 valence electrons. The number of pyridine rings is 1. The number of aromatic nitrogens is 1. The first-order chi connectivity index (χ1) is 18.9. The maximum absolute atomic E-state index is 14.4. The standard InChI is InChI=1S/C30H36N4O5/c1-39-24-12-10-20(11-13-24)15-30(27(36)31-29(38)34(28(30)37)23-6-3-2-4-7-23)19-32-16-21-14-22(18-32)25-8-5-9-26(35)33(25)17-21/h5,8-13,21-23H,2-4,6-7,14-19H2,1H3,(H,31,36,38)/t21-,22+,30+/m0/s1. The Hall–Kier alpha value is -3.46. The molecule has 2 bridgehead atoms. The van der Waals surface area contributed by atoms with Crippen molar-refractivity contribution >= 4 is 17.8 Å². The van der Waals surface area contributed by atoms with Crippen LogP contribution in [0.4, 0.5) is 4.79 Å². The summed E-state index contributed by atoms with van der Waals surface area (Å²) in [5, 5.41) is 2.58. The Balaban J connectivity index is 1.34. The first kappa shape index (κ1) is 25.8. The van der Waals surface area contributed by atoms with Gasteiger partial charge in [0.1, 0.15) is 11.2 Å². The smallest absolute Gasteiger partial charge is 0.331 e. The van der Waals surface area contributed by atoms with Gasteiger partial charge in [0.05, 0.1) is 7.11 Å². The Kier molecular flexibility index (Phi) is 6.79. The average Bonchev–Trinajstić information content (AvgIpc) is 2.93. The largest absolute Gasteiger partial charge is 0.497 e. The van der Waals surface area contributed by atoms with E-state index in [4.69, 9.17) is 4.74 Å². The van der Waals surface area contributed by atoms with Crippen molar-refractivity contribution in [3.8, 4) is 5.75 Å². The molecule has 3 atom stereocenters. The first-order valence-electron chi connectivity index (χ1n) is 14.1. The Bertz CT molecular complexity index is 1330. The van der Waals surface area contributed by atoms with E-state index in [1.165, 1.54) is 4.90 Å². The molecule has 1 aromatic heterocycles. The molecule has 1 N–H and O–H groups in total. The molecule has 1 aliphatic carbocycles. The fraction of sp³-hybridized carbons (Fsp3) is 0.533. The van der Waals surface area contributed by atoms with Crippen molar-refractivity contribution < 1.29 is 19.1 Å². The Morgan fingerprint density at radius 2 is 1.72 bits per heavy atom. The minimum absolute atomic E-state index is 0.0232. The van der Waals surface area contributed by atoms with Crippen LogP contribution in [0.2, 0.25) is 0 Å². The Labute approximate surface area is 228 Å². The van der Waals surface area contributed by atoms with Gasteiger partial charge in [-0.2, -0.15) is 0 Å². The van der Waals surface area contributed by atoms with Crippen LogP contribution in [0.1, 0.15) is 55.7 Å². The summed E-state index contributed by atoms with van der Waals surface area (Å²) >= 11 is 0. The molecule has 9 heteroatoms. The minimum atomic E-state index is -1.43. The third-order valence-corrected chi connectivity index (χ3v) is 9.16. The van der Waals surface area contributed by atoms with Gasteiger partial charge in [0.15, 0.2) is 0 Å². The fourth-order valence-corrected chi connectivity index (χ4v) is 7.32. The zero-order valence-electron chi connectivity index (χ0n) is 22.4. The maximum Gasteiger partial charge on any atom is 0.331 e. The normalized spacial score (nSPS) is 27.7. The van der Waals surface area contributed by atoms with Crippen LogP contribution >= 0.6 is 0 Å². The van der Waals surface area contributed by atoms with E-state index in [0.29, 0.717) is 25.4 Å². The predicted octanol–water partition coefficient (Wildman–Crippen LogP) is 2.92. The van der Waals surface area contributed by atoms with Gasteiger partial charge in [-0.3, -0.25) is 24.6 Å². The lowest BCUT2D eigenvalue weighted by Gasteiger charge is -2.48. The van der Waals surface area contributed by atoms with Crippen molar-refractivity contribution in [2.45, 2.75) is 63.5 Å². The van der Waals surface area contributed by atoms with Gasteiger partial charge in [-0.15, -0.1) is 0 Å². The molecule has 0 unspecified atom stereocenters. The topological polar surface area (TPSA) is 101 Å². The highest BCUT2D eigenvalue weighted by Gasteiger charge is 2.56. The van der Waals surface area contributed by atoms with Crippen molar-refractivity contribution in [3.05, 3.63) is 64.1 Å². The zero-order chi connectivity index (χ0) is 27.1. The van der Waals surface area contributed by atoms with Crippen LogP contribution in [0.15, 0.2) is 47.3 Å². The molecule has 3 aliphatic heterocycles. The molecular weight excluding hydrogens is 496 g/mol. The van der Waals surface area contributed by atoms with Gasteiger partial charge in [-0.1, -0.05) is 37.5 Å². The molecule has 6 rings (SSSR count). The molecule has 0 spiro atoms. The number of imide groups is 2. The predicted molar refractivity (Wildman–Crippen MR) is 144 cm³/mol. The van der Waals surface area contributed by atoms with Gasteiger partial charge in [0, 0.05) is 49.9 Å². The summed E-state index contributed by atoms with van der Waals surface area (Å²) in [7, 11) is 1.60. The number of rotatable bonds is 6. The van der Waals surface area contributed by atoms with E-state index in [-0.39, 0.29) is 42.3 Å². The van der Waals surface area contributed by atoms with Gasteiger partial charge >= 0.3 is 6.03 Å². The van der Waals surface area contributed by atoms with Crippen LogP contribution in [0.25, 0.3) is 0 Å². The number of carbonyl (C=O) groups is 3. The highest BCUT2D eigenvalue weighted by atomic mass is 16.5. The highest BCUT2D eigenvalue weighted by Crippen LogP contribution is 2.39. The molecule has 3 fully saturated rings. The number of likely N-dealkylation sites (tertiary alicyclic amines) is 1. The number of methoxy groups -OCH3 is 1. The molecule has 1 saturated carbocycles. The number of benzene rings is 1. The third-order valence-electron chi connectivity index (χ3n) is 9.16. The van der Waals surface area contributed by atoms with Gasteiger partial charge in [-0.05, 0) is 55.4 Å². The quantitative estimate of drug-likeness (QED) is 0.575. The summed E-state index contributed by atoms with van der Waals surface area (Å²) in [6.07, 6.45) is 5.75. The van der Waals surface area contributed by atoms with Gasteiger partial charge in [0.25, 0.3) is 5.56 Å². The summed E-state index contributed by atoms with van der Waals surface area (Å²) in [5.41, 5.74) is 0.453. The summed E-state index contributed by atoms with van der Waals surface area (Å²) < 4.78 is 7.19. The number of piperidine rings is 1. The van der Waals surface area contributed by atoms with Gasteiger partial charge in [-0.25, -0.2) is 4.79 Å². The number of amides is 4. The summed E-state index contributed by atoms with van der Waals surface area (Å²) in [6, 6.07) is 12.1. The van der Waals surface area contributed by atoms with Crippen molar-refractivity contribution in [2.75, 3.05) is 26.7 Å². The Morgan fingerprint density at radius 3 is 2.46 bits per heavy atom. The monoisotopic (exact) mass is 532 g/mol. The lowest BCUT2D eigenvalue weighted by molar-refractivity contribution is -0.155. The van der Waals surface area contributed by atoms with Crippen molar-refractivity contribution in [1.82, 2.24) is 19.7 Å². The van der Waals surface area contributed by atoms with Crippen LogP contribution in [0.3, 0.4) is 0 Å². The van der Waals surface area contributed by atoms with E-state index >= 15 is 0 Å². The van der Waals surface area contributed by atoms with E-state index in [0.717, 1.165) is 49.8 Å². The summed E-state index contributed by atoms with van der Waals surface area (Å²) in [6.45, 7) is 2.21. The molecular formula is C30H36N4O5. The second kappa shape index (κ2) is 10.3. The van der Waals surface area contributed by atoms with E-state index in [9.17, 15) is 19.2 Å². The van der Waals surface area contributed by atoms with Crippen LogP contribution in [-0.4, -0.2) is 65.0 Å². The van der Waals surface area contributed by atoms with Crippen molar-refractivity contribution in [2.24, 2.45) is 11.3 Å². The van der Waals surface area contributed by atoms with E-state index in [1.54, 1.807) is 13.2 Å². The average molecular weight is 533 g/mol. The van der Waals surface area contributed by atoms with Crippen LogP contribution in [-0.2, 0) is 22.6 Å². The van der Waals surface area contributed by atoms with Crippen LogP contribution < -0.4 is 15.6 Å². The number of barbiturate groups is 1. The number of fused-ring (bicyclic) bond motifs is 4. The number of nitrogens with zero attached hydrogens (tertiary/aromatic N) is 3. The van der Waals surface area contributed by atoms with Crippen molar-refractivity contribution in [3.63, 3.8) is 0 Å². The van der Waals surface area contributed by atoms with Crippen LogP contribution in [0.5, 0.6) is 5.75 Å². The van der Waals surface area contributed by atoms with Crippen molar-refractivity contribution in [1.29, 1.82) is 0 Å². The first-order valence-corrected chi connectivity index (χ1v) is 14.1. The number of nitrogens with one attached hydrogen (secondary N) is 1. The molecule has 2 aromatic rings. The molecule has 4 heterocycles. The zero-order valence-corrected chi connectivity index (χ0v) is 22.4. The van der Waals surface area contributed by atoms with Crippen LogP contribution in [0, 0.1) is 11.3 Å². The van der Waals surface area contributed by atoms with Gasteiger partial charge < -0.3 is 14.2 Å². The number of carbonyl (C=O) groups excluding carboxylic acids is 3. The van der Waals surface area contributed by atoms with Gasteiger partial charge in [0.2, 0.25) is 11.8 Å². The number of hydrogen-bond donors (Lipinski definition) is 1. The second-order valence-corrected chi connectivity index (χ2v) is 11.7. The van der Waals surface area contributed by atoms with E-state index < -0.39 is 17.4 Å². The number of ether oxygens (including phenoxy) is 1. The number of hydrogen-bond acceptors (Lipinski definition) is 6. The second-order valence-electron chi connectivity index (χ2n) is 11.7. The number of urea groups is 1. The fourth-order valence-electron chi connectivity index (χ4n) is 7.32. The third kappa shape index (κ3) is 4.67. The molecule has 9 nitrogen and oxygen atoms in total. The molecule has 2 saturated heterocycles. The maximum atomic E-state index is 14.4. The molecule has 4 amide bonds. The summed E-state index contributed by atoms with van der Waals surface area (Å²) in [5.74, 6) is 0.206. The lowest BCUT2D eigenvalue weighted by atomic mass is 9.75. The lowest BCUT2D eigenvalue weighted by Crippen LogP contribution is -2.69.